The number of nitrogens with one attached hydrogen (secondary N) is 1. The normalized spacial score (nSPS) is 15.1. The summed E-state index contributed by atoms with van der Waals surface area (Å²) in [6.45, 7) is 3.07. The smallest absolute Gasteiger partial charge is 0.138 e. The van der Waals surface area contributed by atoms with Gasteiger partial charge in [-0.15, -0.1) is 0 Å². The van der Waals surface area contributed by atoms with Gasteiger partial charge in [0.2, 0.25) is 0 Å². The average molecular weight is 228 g/mol. The van der Waals surface area contributed by atoms with Crippen molar-refractivity contribution in [2.24, 2.45) is 0 Å². The van der Waals surface area contributed by atoms with Gasteiger partial charge in [0.25, 0.3) is 0 Å². The minimum Gasteiger partial charge on any atom is -0.310 e. The third-order valence-electron chi connectivity index (χ3n) is 3.10. The highest BCUT2D eigenvalue weighted by Gasteiger charge is 2.19. The van der Waals surface area contributed by atoms with Crippen molar-refractivity contribution >= 4 is 0 Å². The summed E-state index contributed by atoms with van der Waals surface area (Å²) in [5, 5.41) is 7.67. The molecule has 1 aliphatic rings. The molecule has 0 atom stereocenters. The molecule has 0 amide bonds. The highest BCUT2D eigenvalue weighted by Crippen LogP contribution is 2.20. The fraction of sp³-hybridized carbons (Fsp3) is 0.385. The van der Waals surface area contributed by atoms with Gasteiger partial charge in [0, 0.05) is 12.6 Å². The van der Waals surface area contributed by atoms with E-state index in [9.17, 15) is 0 Å². The predicted octanol–water partition coefficient (Wildman–Crippen LogP) is 1.83. The van der Waals surface area contributed by atoms with Crippen LogP contribution in [0.1, 0.15) is 24.0 Å². The zero-order valence-electron chi connectivity index (χ0n) is 9.93. The molecule has 1 heterocycles. The Hall–Kier alpha value is -1.68. The Morgan fingerprint density at radius 1 is 1.41 bits per heavy atom. The molecular formula is C13H16N4. The molecule has 0 spiro atoms. The van der Waals surface area contributed by atoms with Gasteiger partial charge in [0.05, 0.1) is 5.69 Å². The van der Waals surface area contributed by atoms with E-state index in [1.807, 2.05) is 0 Å². The lowest BCUT2D eigenvalue weighted by molar-refractivity contribution is 0.687. The molecule has 1 fully saturated rings. The fourth-order valence-corrected chi connectivity index (χ4v) is 1.97. The van der Waals surface area contributed by atoms with Gasteiger partial charge in [-0.3, -0.25) is 0 Å². The molecule has 0 aliphatic heterocycles. The molecule has 1 aliphatic carbocycles. The van der Waals surface area contributed by atoms with Crippen LogP contribution in [0.3, 0.4) is 0 Å². The zero-order chi connectivity index (χ0) is 11.7. The Kier molecular flexibility index (Phi) is 2.65. The van der Waals surface area contributed by atoms with E-state index < -0.39 is 0 Å². The maximum absolute atomic E-state index is 4.15. The Morgan fingerprint density at radius 3 is 2.94 bits per heavy atom. The fourth-order valence-electron chi connectivity index (χ4n) is 1.97. The van der Waals surface area contributed by atoms with Crippen LogP contribution >= 0.6 is 0 Å². The van der Waals surface area contributed by atoms with Gasteiger partial charge in [-0.25, -0.2) is 9.67 Å². The SMILES string of the molecule is Cc1cc(CNC2CC2)ccc1-n1cncn1. The van der Waals surface area contributed by atoms with Gasteiger partial charge in [0.15, 0.2) is 0 Å². The molecule has 1 aromatic heterocycles. The quantitative estimate of drug-likeness (QED) is 0.868. The first-order valence-corrected chi connectivity index (χ1v) is 6.01. The molecule has 4 nitrogen and oxygen atoms in total. The first-order valence-electron chi connectivity index (χ1n) is 6.01. The van der Waals surface area contributed by atoms with Gasteiger partial charge < -0.3 is 5.32 Å². The summed E-state index contributed by atoms with van der Waals surface area (Å²) < 4.78 is 1.80. The summed E-state index contributed by atoms with van der Waals surface area (Å²) in [6.07, 6.45) is 5.94. The van der Waals surface area contributed by atoms with E-state index in [4.69, 9.17) is 0 Å². The second-order valence-corrected chi connectivity index (χ2v) is 4.62. The van der Waals surface area contributed by atoms with Crippen molar-refractivity contribution in [3.05, 3.63) is 42.0 Å². The van der Waals surface area contributed by atoms with E-state index >= 15 is 0 Å². The van der Waals surface area contributed by atoms with Crippen molar-refractivity contribution in [2.75, 3.05) is 0 Å². The first kappa shape index (κ1) is 10.5. The zero-order valence-corrected chi connectivity index (χ0v) is 9.93. The van der Waals surface area contributed by atoms with Crippen LogP contribution in [-0.2, 0) is 6.54 Å². The summed E-state index contributed by atoms with van der Waals surface area (Å²) in [6, 6.07) is 7.23. The molecule has 0 unspecified atom stereocenters. The molecule has 3 rings (SSSR count). The molecule has 0 saturated heterocycles. The number of rotatable bonds is 4. The Balaban J connectivity index is 1.78. The van der Waals surface area contributed by atoms with Crippen molar-refractivity contribution in [1.82, 2.24) is 20.1 Å². The van der Waals surface area contributed by atoms with Crippen molar-refractivity contribution in [2.45, 2.75) is 32.4 Å². The number of nitrogens with zero attached hydrogens (tertiary/aromatic N) is 3. The molecular weight excluding hydrogens is 212 g/mol. The van der Waals surface area contributed by atoms with E-state index in [0.29, 0.717) is 0 Å². The van der Waals surface area contributed by atoms with Crippen molar-refractivity contribution in [3.8, 4) is 5.69 Å². The van der Waals surface area contributed by atoms with E-state index in [-0.39, 0.29) is 0 Å². The standard InChI is InChI=1S/C13H16N4/c1-10-6-11(7-15-12-3-4-12)2-5-13(10)17-9-14-8-16-17/h2,5-6,8-9,12,15H,3-4,7H2,1H3. The van der Waals surface area contributed by atoms with Gasteiger partial charge in [-0.2, -0.15) is 5.10 Å². The maximum atomic E-state index is 4.15. The van der Waals surface area contributed by atoms with E-state index in [1.54, 1.807) is 17.3 Å². The number of aryl methyl sites for hydroxylation is 1. The monoisotopic (exact) mass is 228 g/mol. The molecule has 1 saturated carbocycles. The highest BCUT2D eigenvalue weighted by atomic mass is 15.3. The first-order chi connectivity index (χ1) is 8.33. The number of hydrogen-bond donors (Lipinski definition) is 1. The van der Waals surface area contributed by atoms with Crippen molar-refractivity contribution in [1.29, 1.82) is 0 Å². The lowest BCUT2D eigenvalue weighted by Gasteiger charge is -2.08. The summed E-state index contributed by atoms with van der Waals surface area (Å²) in [4.78, 5) is 3.97. The van der Waals surface area contributed by atoms with Gasteiger partial charge >= 0.3 is 0 Å². The summed E-state index contributed by atoms with van der Waals surface area (Å²) in [5.41, 5.74) is 3.65. The van der Waals surface area contributed by atoms with Crippen LogP contribution in [0.15, 0.2) is 30.9 Å². The average Bonchev–Trinajstić information content (AvgIpc) is 3.01. The molecule has 1 aromatic carbocycles. The summed E-state index contributed by atoms with van der Waals surface area (Å²) in [5.74, 6) is 0. The third-order valence-corrected chi connectivity index (χ3v) is 3.10. The topological polar surface area (TPSA) is 42.7 Å². The molecule has 1 N–H and O–H groups in total. The second-order valence-electron chi connectivity index (χ2n) is 4.62. The number of aromatic nitrogens is 3. The van der Waals surface area contributed by atoms with Crippen LogP contribution in [0, 0.1) is 6.92 Å². The van der Waals surface area contributed by atoms with Crippen molar-refractivity contribution < 1.29 is 0 Å². The minimum absolute atomic E-state index is 0.755. The molecule has 4 heteroatoms. The third kappa shape index (κ3) is 2.36. The van der Waals surface area contributed by atoms with Crippen LogP contribution in [0.4, 0.5) is 0 Å². The van der Waals surface area contributed by atoms with E-state index in [1.165, 1.54) is 24.0 Å². The molecule has 0 bridgehead atoms. The van der Waals surface area contributed by atoms with Gasteiger partial charge in [0.1, 0.15) is 12.7 Å². The summed E-state index contributed by atoms with van der Waals surface area (Å²) in [7, 11) is 0. The molecule has 0 radical (unpaired) electrons. The van der Waals surface area contributed by atoms with Crippen molar-refractivity contribution in [3.63, 3.8) is 0 Å². The number of hydrogen-bond acceptors (Lipinski definition) is 3. The predicted molar refractivity (Wildman–Crippen MR) is 66.0 cm³/mol. The molecule has 88 valence electrons. The largest absolute Gasteiger partial charge is 0.310 e. The summed E-state index contributed by atoms with van der Waals surface area (Å²) >= 11 is 0. The Morgan fingerprint density at radius 2 is 2.29 bits per heavy atom. The maximum Gasteiger partial charge on any atom is 0.138 e. The second kappa shape index (κ2) is 4.30. The highest BCUT2D eigenvalue weighted by molar-refractivity contribution is 5.41. The van der Waals surface area contributed by atoms with Crippen LogP contribution < -0.4 is 5.32 Å². The van der Waals surface area contributed by atoms with Crippen LogP contribution in [-0.4, -0.2) is 20.8 Å². The van der Waals surface area contributed by atoms with E-state index in [2.05, 4.69) is 40.5 Å². The molecule has 17 heavy (non-hydrogen) atoms. The number of benzene rings is 1. The Bertz CT molecular complexity index is 500. The van der Waals surface area contributed by atoms with Crippen LogP contribution in [0.2, 0.25) is 0 Å². The lowest BCUT2D eigenvalue weighted by Crippen LogP contribution is -2.15. The van der Waals surface area contributed by atoms with E-state index in [0.717, 1.165) is 18.3 Å². The molecule has 2 aromatic rings. The van der Waals surface area contributed by atoms with Gasteiger partial charge in [-0.1, -0.05) is 12.1 Å². The van der Waals surface area contributed by atoms with Crippen LogP contribution in [0.5, 0.6) is 0 Å². The van der Waals surface area contributed by atoms with Crippen LogP contribution in [0.25, 0.3) is 5.69 Å². The van der Waals surface area contributed by atoms with Gasteiger partial charge in [-0.05, 0) is 37.0 Å². The minimum atomic E-state index is 0.755. The Labute approximate surface area is 101 Å². The lowest BCUT2D eigenvalue weighted by atomic mass is 10.1.